The molecule has 6 heteroatoms. The summed E-state index contributed by atoms with van der Waals surface area (Å²) in [5.41, 5.74) is 0.545. The summed E-state index contributed by atoms with van der Waals surface area (Å²) in [6, 6.07) is 4.44. The third-order valence-electron chi connectivity index (χ3n) is 3.75. The molecular weight excluding hydrogens is 359 g/mol. The van der Waals surface area contributed by atoms with Crippen molar-refractivity contribution in [3.63, 3.8) is 0 Å². The first-order chi connectivity index (χ1) is 9.61. The molecule has 1 fully saturated rings. The molecule has 1 amide bonds. The van der Waals surface area contributed by atoms with Crippen LogP contribution in [0.4, 0.5) is 4.39 Å². The average Bonchev–Trinajstić information content (AvgIpc) is 2.48. The maximum Gasteiger partial charge on any atom is 0.253 e. The van der Waals surface area contributed by atoms with Crippen LogP contribution in [0, 0.1) is 11.7 Å². The fraction of sp³-hybridized carbons (Fsp3) is 0.533. The summed E-state index contributed by atoms with van der Waals surface area (Å²) < 4.78 is 13.5. The Kier molecular flexibility index (Phi) is 7.63. The standard InChI is InChI=1S/C15H20BrFN2O.ClH/c1-2-18-10-11-5-7-19(8-6-11)15(20)12-3-4-14(17)13(16)9-12;/h3-4,9,11,18H,2,5-8,10H2,1H3;1H. The van der Waals surface area contributed by atoms with Crippen molar-refractivity contribution in [2.45, 2.75) is 19.8 Å². The Morgan fingerprint density at radius 1 is 1.43 bits per heavy atom. The summed E-state index contributed by atoms with van der Waals surface area (Å²) in [6.45, 7) is 5.68. The van der Waals surface area contributed by atoms with Crippen LogP contribution in [0.2, 0.25) is 0 Å². The first-order valence-corrected chi connectivity index (χ1v) is 7.86. The van der Waals surface area contributed by atoms with Gasteiger partial charge in [-0.3, -0.25) is 4.79 Å². The fourth-order valence-electron chi connectivity index (χ4n) is 2.50. The zero-order valence-corrected chi connectivity index (χ0v) is 14.5. The lowest BCUT2D eigenvalue weighted by molar-refractivity contribution is 0.0690. The minimum Gasteiger partial charge on any atom is -0.339 e. The summed E-state index contributed by atoms with van der Waals surface area (Å²) in [4.78, 5) is 14.2. The van der Waals surface area contributed by atoms with Crippen LogP contribution in [0.1, 0.15) is 30.1 Å². The van der Waals surface area contributed by atoms with E-state index < -0.39 is 0 Å². The number of hydrogen-bond acceptors (Lipinski definition) is 2. The fourth-order valence-corrected chi connectivity index (χ4v) is 2.88. The maximum absolute atomic E-state index is 13.2. The van der Waals surface area contributed by atoms with E-state index in [9.17, 15) is 9.18 Å². The van der Waals surface area contributed by atoms with Gasteiger partial charge in [0, 0.05) is 18.7 Å². The molecule has 1 aromatic rings. The van der Waals surface area contributed by atoms with E-state index in [1.807, 2.05) is 4.90 Å². The van der Waals surface area contributed by atoms with E-state index >= 15 is 0 Å². The van der Waals surface area contributed by atoms with Gasteiger partial charge in [-0.25, -0.2) is 4.39 Å². The lowest BCUT2D eigenvalue weighted by Gasteiger charge is -2.32. The van der Waals surface area contributed by atoms with Crippen LogP contribution >= 0.6 is 28.3 Å². The predicted molar refractivity (Wildman–Crippen MR) is 88.5 cm³/mol. The first kappa shape index (κ1) is 18.4. The number of likely N-dealkylation sites (tertiary alicyclic amines) is 1. The molecule has 0 bridgehead atoms. The molecule has 0 saturated carbocycles. The minimum atomic E-state index is -0.342. The highest BCUT2D eigenvalue weighted by atomic mass is 79.9. The van der Waals surface area contributed by atoms with Crippen LogP contribution in [0.25, 0.3) is 0 Å². The predicted octanol–water partition coefficient (Wildman–Crippen LogP) is 3.47. The average molecular weight is 380 g/mol. The SMILES string of the molecule is CCNCC1CCN(C(=O)c2ccc(F)c(Br)c2)CC1.Cl. The van der Waals surface area contributed by atoms with Gasteiger partial charge in [0.15, 0.2) is 0 Å². The normalized spacial score (nSPS) is 15.7. The monoisotopic (exact) mass is 378 g/mol. The van der Waals surface area contributed by atoms with Gasteiger partial charge in [0.2, 0.25) is 0 Å². The molecule has 1 aromatic carbocycles. The van der Waals surface area contributed by atoms with E-state index in [0.29, 0.717) is 16.0 Å². The second kappa shape index (κ2) is 8.71. The lowest BCUT2D eigenvalue weighted by Crippen LogP contribution is -2.40. The summed E-state index contributed by atoms with van der Waals surface area (Å²) in [7, 11) is 0. The molecule has 1 heterocycles. The van der Waals surface area contributed by atoms with E-state index in [4.69, 9.17) is 0 Å². The highest BCUT2D eigenvalue weighted by Gasteiger charge is 2.23. The second-order valence-corrected chi connectivity index (χ2v) is 6.03. The van der Waals surface area contributed by atoms with Crippen molar-refractivity contribution in [2.75, 3.05) is 26.2 Å². The van der Waals surface area contributed by atoms with Gasteiger partial charge < -0.3 is 10.2 Å². The summed E-state index contributed by atoms with van der Waals surface area (Å²) in [5.74, 6) is 0.303. The number of rotatable bonds is 4. The molecular formula is C15H21BrClFN2O. The first-order valence-electron chi connectivity index (χ1n) is 7.07. The van der Waals surface area contributed by atoms with Gasteiger partial charge in [0.05, 0.1) is 4.47 Å². The molecule has 1 aliphatic heterocycles. The number of piperidine rings is 1. The number of halogens is 3. The van der Waals surface area contributed by atoms with Gasteiger partial charge in [-0.15, -0.1) is 12.4 Å². The highest BCUT2D eigenvalue weighted by Crippen LogP contribution is 2.21. The summed E-state index contributed by atoms with van der Waals surface area (Å²) in [6.07, 6.45) is 2.06. The van der Waals surface area contributed by atoms with Crippen LogP contribution in [-0.2, 0) is 0 Å². The lowest BCUT2D eigenvalue weighted by atomic mass is 9.96. The number of hydrogen-bond donors (Lipinski definition) is 1. The number of nitrogens with one attached hydrogen (secondary N) is 1. The zero-order chi connectivity index (χ0) is 14.5. The van der Waals surface area contributed by atoms with Crippen molar-refractivity contribution < 1.29 is 9.18 Å². The van der Waals surface area contributed by atoms with Crippen LogP contribution in [0.3, 0.4) is 0 Å². The molecule has 0 aromatic heterocycles. The van der Waals surface area contributed by atoms with Gasteiger partial charge in [-0.1, -0.05) is 6.92 Å². The Hall–Kier alpha value is -0.650. The van der Waals surface area contributed by atoms with Gasteiger partial charge >= 0.3 is 0 Å². The minimum absolute atomic E-state index is 0. The zero-order valence-electron chi connectivity index (χ0n) is 12.1. The maximum atomic E-state index is 13.2. The topological polar surface area (TPSA) is 32.3 Å². The van der Waals surface area contributed by atoms with Gasteiger partial charge in [-0.2, -0.15) is 0 Å². The van der Waals surface area contributed by atoms with Crippen molar-refractivity contribution in [3.8, 4) is 0 Å². The third kappa shape index (κ3) is 4.94. The van der Waals surface area contributed by atoms with E-state index in [2.05, 4.69) is 28.2 Å². The molecule has 0 radical (unpaired) electrons. The summed E-state index contributed by atoms with van der Waals surface area (Å²) >= 11 is 3.12. The van der Waals surface area contributed by atoms with Crippen molar-refractivity contribution in [1.82, 2.24) is 10.2 Å². The molecule has 2 rings (SSSR count). The van der Waals surface area contributed by atoms with E-state index in [1.165, 1.54) is 6.07 Å². The second-order valence-electron chi connectivity index (χ2n) is 5.17. The molecule has 1 aliphatic rings. The van der Waals surface area contributed by atoms with Crippen molar-refractivity contribution >= 4 is 34.2 Å². The molecule has 21 heavy (non-hydrogen) atoms. The van der Waals surface area contributed by atoms with Gasteiger partial charge in [-0.05, 0) is 66.0 Å². The van der Waals surface area contributed by atoms with E-state index in [1.54, 1.807) is 12.1 Å². The van der Waals surface area contributed by atoms with E-state index in [0.717, 1.165) is 39.0 Å². The number of benzene rings is 1. The number of nitrogens with zero attached hydrogens (tertiary/aromatic N) is 1. The molecule has 0 spiro atoms. The number of amides is 1. The Morgan fingerprint density at radius 3 is 2.67 bits per heavy atom. The molecule has 0 atom stereocenters. The van der Waals surface area contributed by atoms with Crippen molar-refractivity contribution in [1.29, 1.82) is 0 Å². The Morgan fingerprint density at radius 2 is 2.10 bits per heavy atom. The molecule has 0 unspecified atom stereocenters. The van der Waals surface area contributed by atoms with Crippen LogP contribution in [-0.4, -0.2) is 37.0 Å². The van der Waals surface area contributed by atoms with E-state index in [-0.39, 0.29) is 24.1 Å². The number of carbonyl (C=O) groups excluding carboxylic acids is 1. The van der Waals surface area contributed by atoms with Crippen molar-refractivity contribution in [3.05, 3.63) is 34.1 Å². The van der Waals surface area contributed by atoms with Gasteiger partial charge in [0.1, 0.15) is 5.82 Å². The van der Waals surface area contributed by atoms with Crippen molar-refractivity contribution in [2.24, 2.45) is 5.92 Å². The Labute approximate surface area is 139 Å². The molecule has 1 N–H and O–H groups in total. The third-order valence-corrected chi connectivity index (χ3v) is 4.36. The van der Waals surface area contributed by atoms with Crippen LogP contribution in [0.15, 0.2) is 22.7 Å². The molecule has 1 saturated heterocycles. The Bertz CT molecular complexity index is 479. The van der Waals surface area contributed by atoms with Crippen LogP contribution < -0.4 is 5.32 Å². The molecule has 0 aliphatic carbocycles. The Balaban J connectivity index is 0.00000220. The molecule has 3 nitrogen and oxygen atoms in total. The number of carbonyl (C=O) groups is 1. The highest BCUT2D eigenvalue weighted by molar-refractivity contribution is 9.10. The van der Waals surface area contributed by atoms with Crippen LogP contribution in [0.5, 0.6) is 0 Å². The molecule has 118 valence electrons. The largest absolute Gasteiger partial charge is 0.339 e. The van der Waals surface area contributed by atoms with Gasteiger partial charge in [0.25, 0.3) is 5.91 Å². The smallest absolute Gasteiger partial charge is 0.253 e. The quantitative estimate of drug-likeness (QED) is 0.869. The summed E-state index contributed by atoms with van der Waals surface area (Å²) in [5, 5.41) is 3.36.